The third kappa shape index (κ3) is 14.7. The Morgan fingerprint density at radius 3 is 1.76 bits per heavy atom. The minimum atomic E-state index is -0.709. The van der Waals surface area contributed by atoms with E-state index in [4.69, 9.17) is 14.2 Å². The van der Waals surface area contributed by atoms with Crippen LogP contribution in [0.4, 0.5) is 9.59 Å². The number of nitrogens with one attached hydrogen (secondary N) is 3. The summed E-state index contributed by atoms with van der Waals surface area (Å²) < 4.78 is 16.1. The molecule has 0 aliphatic carbocycles. The standard InChI is InChI=1S/C36H45N3O7/c1-36(2,3)46-32(40)23-30(20-13-21-37-34(42)44-25-28-16-9-5-10-17-28)33(41)38-24-31(22-27-14-7-4-8-15-27)39-35(43)45-26-29-18-11-6-12-19-29/h4-12,14-19,30-31H,13,20-26H2,1-3H3,(H,37,42)(H,38,41)(H,39,43)/t30-,31-/m0/s1. The van der Waals surface area contributed by atoms with E-state index in [0.717, 1.165) is 16.7 Å². The van der Waals surface area contributed by atoms with Crippen LogP contribution in [-0.4, -0.2) is 48.8 Å². The smallest absolute Gasteiger partial charge is 0.407 e. The van der Waals surface area contributed by atoms with Gasteiger partial charge in [0.15, 0.2) is 0 Å². The molecule has 0 unspecified atom stereocenters. The summed E-state index contributed by atoms with van der Waals surface area (Å²) in [6.45, 7) is 5.93. The molecule has 0 saturated heterocycles. The maximum atomic E-state index is 13.4. The zero-order chi connectivity index (χ0) is 33.2. The van der Waals surface area contributed by atoms with Crippen molar-refractivity contribution in [2.24, 2.45) is 5.92 Å². The number of hydrogen-bond acceptors (Lipinski definition) is 7. The predicted molar refractivity (Wildman–Crippen MR) is 175 cm³/mol. The molecule has 3 rings (SSSR count). The highest BCUT2D eigenvalue weighted by Gasteiger charge is 2.26. The first kappa shape index (κ1) is 35.6. The molecule has 246 valence electrons. The zero-order valence-electron chi connectivity index (χ0n) is 26.8. The zero-order valence-corrected chi connectivity index (χ0v) is 26.8. The van der Waals surface area contributed by atoms with E-state index in [1.54, 1.807) is 20.8 Å². The minimum absolute atomic E-state index is 0.114. The van der Waals surface area contributed by atoms with Crippen LogP contribution >= 0.6 is 0 Å². The first-order valence-corrected chi connectivity index (χ1v) is 15.5. The molecule has 0 fully saturated rings. The molecule has 3 aromatic carbocycles. The van der Waals surface area contributed by atoms with E-state index in [-0.39, 0.29) is 38.6 Å². The van der Waals surface area contributed by atoms with Crippen LogP contribution in [0.1, 0.15) is 56.7 Å². The Kier molecular flexibility index (Phi) is 14.6. The van der Waals surface area contributed by atoms with Crippen molar-refractivity contribution in [1.82, 2.24) is 16.0 Å². The van der Waals surface area contributed by atoms with Gasteiger partial charge < -0.3 is 30.2 Å². The average molecular weight is 632 g/mol. The molecule has 0 heterocycles. The molecule has 0 aliphatic heterocycles. The molecule has 0 aromatic heterocycles. The van der Waals surface area contributed by atoms with Crippen LogP contribution in [0.25, 0.3) is 0 Å². The van der Waals surface area contributed by atoms with Crippen molar-refractivity contribution in [3.8, 4) is 0 Å². The largest absolute Gasteiger partial charge is 0.460 e. The van der Waals surface area contributed by atoms with Crippen LogP contribution in [-0.2, 0) is 43.4 Å². The quantitative estimate of drug-likeness (QED) is 0.105. The second-order valence-electron chi connectivity index (χ2n) is 12.0. The summed E-state index contributed by atoms with van der Waals surface area (Å²) >= 11 is 0. The number of esters is 1. The van der Waals surface area contributed by atoms with Gasteiger partial charge in [0.1, 0.15) is 18.8 Å². The van der Waals surface area contributed by atoms with Crippen LogP contribution in [0.2, 0.25) is 0 Å². The highest BCUT2D eigenvalue weighted by molar-refractivity contribution is 5.84. The Labute approximate surface area is 271 Å². The van der Waals surface area contributed by atoms with E-state index in [1.807, 2.05) is 91.0 Å². The summed E-state index contributed by atoms with van der Waals surface area (Å²) in [7, 11) is 0. The van der Waals surface area contributed by atoms with Gasteiger partial charge in [-0.25, -0.2) is 9.59 Å². The van der Waals surface area contributed by atoms with E-state index < -0.39 is 35.7 Å². The van der Waals surface area contributed by atoms with Crippen LogP contribution < -0.4 is 16.0 Å². The van der Waals surface area contributed by atoms with Gasteiger partial charge in [-0.15, -0.1) is 0 Å². The number of amides is 3. The molecule has 3 aromatic rings. The summed E-state index contributed by atoms with van der Waals surface area (Å²) in [5, 5.41) is 8.46. The third-order valence-electron chi connectivity index (χ3n) is 6.80. The lowest BCUT2D eigenvalue weighted by molar-refractivity contribution is -0.157. The Morgan fingerprint density at radius 2 is 1.22 bits per heavy atom. The van der Waals surface area contributed by atoms with Crippen molar-refractivity contribution >= 4 is 24.1 Å². The van der Waals surface area contributed by atoms with Crippen molar-refractivity contribution in [2.75, 3.05) is 13.1 Å². The fourth-order valence-corrected chi connectivity index (χ4v) is 4.60. The molecule has 0 radical (unpaired) electrons. The third-order valence-corrected chi connectivity index (χ3v) is 6.80. The first-order chi connectivity index (χ1) is 22.1. The normalized spacial score (nSPS) is 12.2. The maximum Gasteiger partial charge on any atom is 0.407 e. The second-order valence-corrected chi connectivity index (χ2v) is 12.0. The monoisotopic (exact) mass is 631 g/mol. The van der Waals surface area contributed by atoms with Crippen LogP contribution in [0.15, 0.2) is 91.0 Å². The van der Waals surface area contributed by atoms with E-state index in [1.165, 1.54) is 0 Å². The lowest BCUT2D eigenvalue weighted by Crippen LogP contribution is -2.46. The van der Waals surface area contributed by atoms with E-state index in [0.29, 0.717) is 19.3 Å². The van der Waals surface area contributed by atoms with Crippen LogP contribution in [0.3, 0.4) is 0 Å². The lowest BCUT2D eigenvalue weighted by Gasteiger charge is -2.23. The van der Waals surface area contributed by atoms with Gasteiger partial charge in [0.25, 0.3) is 0 Å². The number of benzene rings is 3. The SMILES string of the molecule is CC(C)(C)OC(=O)C[C@H](CCCNC(=O)OCc1ccccc1)C(=O)NC[C@H](Cc1ccccc1)NC(=O)OCc1ccccc1. The van der Waals surface area contributed by atoms with Gasteiger partial charge in [0, 0.05) is 19.0 Å². The van der Waals surface area contributed by atoms with Crippen molar-refractivity contribution in [1.29, 1.82) is 0 Å². The van der Waals surface area contributed by atoms with Crippen molar-refractivity contribution in [3.63, 3.8) is 0 Å². The van der Waals surface area contributed by atoms with Crippen molar-refractivity contribution in [3.05, 3.63) is 108 Å². The van der Waals surface area contributed by atoms with Gasteiger partial charge in [0.05, 0.1) is 12.5 Å². The molecule has 10 nitrogen and oxygen atoms in total. The van der Waals surface area contributed by atoms with Gasteiger partial charge in [-0.3, -0.25) is 9.59 Å². The fourth-order valence-electron chi connectivity index (χ4n) is 4.60. The molecule has 0 saturated carbocycles. The Morgan fingerprint density at radius 1 is 0.696 bits per heavy atom. The molecule has 2 atom stereocenters. The maximum absolute atomic E-state index is 13.4. The summed E-state index contributed by atoms with van der Waals surface area (Å²) in [4.78, 5) is 50.9. The first-order valence-electron chi connectivity index (χ1n) is 15.5. The molecule has 0 bridgehead atoms. The van der Waals surface area contributed by atoms with Gasteiger partial charge in [-0.1, -0.05) is 91.0 Å². The number of ether oxygens (including phenoxy) is 3. The highest BCUT2D eigenvalue weighted by atomic mass is 16.6. The molecule has 46 heavy (non-hydrogen) atoms. The molecule has 10 heteroatoms. The number of rotatable bonds is 16. The van der Waals surface area contributed by atoms with E-state index >= 15 is 0 Å². The molecule has 0 spiro atoms. The van der Waals surface area contributed by atoms with Gasteiger partial charge in [-0.2, -0.15) is 0 Å². The summed E-state index contributed by atoms with van der Waals surface area (Å²) in [6.07, 6.45) is -0.0932. The number of carbonyl (C=O) groups excluding carboxylic acids is 4. The summed E-state index contributed by atoms with van der Waals surface area (Å²) in [5.41, 5.74) is 2.00. The Bertz CT molecular complexity index is 1360. The predicted octanol–water partition coefficient (Wildman–Crippen LogP) is 5.69. The average Bonchev–Trinajstić information content (AvgIpc) is 3.03. The van der Waals surface area contributed by atoms with E-state index in [2.05, 4.69) is 16.0 Å². The van der Waals surface area contributed by atoms with Gasteiger partial charge in [0.2, 0.25) is 5.91 Å². The summed E-state index contributed by atoms with van der Waals surface area (Å²) in [5.74, 6) is -1.55. The second kappa shape index (κ2) is 18.8. The molecule has 3 N–H and O–H groups in total. The van der Waals surface area contributed by atoms with E-state index in [9.17, 15) is 19.2 Å². The Balaban J connectivity index is 1.56. The fraction of sp³-hybridized carbons (Fsp3) is 0.389. The molecular weight excluding hydrogens is 586 g/mol. The lowest BCUT2D eigenvalue weighted by atomic mass is 9.97. The van der Waals surface area contributed by atoms with Crippen LogP contribution in [0, 0.1) is 5.92 Å². The topological polar surface area (TPSA) is 132 Å². The number of carbonyl (C=O) groups is 4. The Hall–Kier alpha value is -4.86. The highest BCUT2D eigenvalue weighted by Crippen LogP contribution is 2.17. The van der Waals surface area contributed by atoms with Gasteiger partial charge >= 0.3 is 18.2 Å². The van der Waals surface area contributed by atoms with Crippen molar-refractivity contribution in [2.45, 2.75) is 71.3 Å². The number of hydrogen-bond donors (Lipinski definition) is 3. The van der Waals surface area contributed by atoms with Gasteiger partial charge in [-0.05, 0) is 56.7 Å². The molecule has 3 amide bonds. The molecule has 0 aliphatic rings. The molecular formula is C36H45N3O7. The number of alkyl carbamates (subject to hydrolysis) is 2. The minimum Gasteiger partial charge on any atom is -0.460 e. The van der Waals surface area contributed by atoms with Crippen LogP contribution in [0.5, 0.6) is 0 Å². The summed E-state index contributed by atoms with van der Waals surface area (Å²) in [6, 6.07) is 27.8. The van der Waals surface area contributed by atoms with Crippen molar-refractivity contribution < 1.29 is 33.4 Å².